The number of fused-ring (bicyclic) bond motifs is 1. The number of ether oxygens (including phenoxy) is 1. The van der Waals surface area contributed by atoms with E-state index in [1.807, 2.05) is 13.8 Å². The fraction of sp³-hybridized carbons (Fsp3) is 0.538. The third kappa shape index (κ3) is 2.07. The zero-order chi connectivity index (χ0) is 15.3. The van der Waals surface area contributed by atoms with Crippen molar-refractivity contribution in [3.63, 3.8) is 0 Å². The third-order valence-electron chi connectivity index (χ3n) is 4.02. The number of aliphatic hydroxyl groups is 3. The summed E-state index contributed by atoms with van der Waals surface area (Å²) in [6, 6.07) is 0. The Morgan fingerprint density at radius 1 is 1.38 bits per heavy atom. The normalized spacial score (nSPS) is 29.4. The molecule has 0 bridgehead atoms. The maximum Gasteiger partial charge on any atom is 0.351 e. The third-order valence-corrected chi connectivity index (χ3v) is 4.02. The Morgan fingerprint density at radius 3 is 2.71 bits per heavy atom. The van der Waals surface area contributed by atoms with Gasteiger partial charge >= 0.3 is 5.69 Å². The van der Waals surface area contributed by atoms with Crippen LogP contribution < -0.4 is 5.69 Å². The lowest BCUT2D eigenvalue weighted by atomic mass is 10.1. The van der Waals surface area contributed by atoms with Crippen molar-refractivity contribution in [1.82, 2.24) is 14.5 Å². The van der Waals surface area contributed by atoms with Gasteiger partial charge in [0.2, 0.25) is 0 Å². The highest BCUT2D eigenvalue weighted by molar-refractivity contribution is 5.79. The molecule has 1 saturated heterocycles. The van der Waals surface area contributed by atoms with E-state index in [4.69, 9.17) is 9.84 Å². The minimum Gasteiger partial charge on any atom is -0.394 e. The second-order valence-corrected chi connectivity index (χ2v) is 5.30. The monoisotopic (exact) mass is 295 g/mol. The predicted octanol–water partition coefficient (Wildman–Crippen LogP) is -1.05. The summed E-state index contributed by atoms with van der Waals surface area (Å²) >= 11 is 0. The van der Waals surface area contributed by atoms with Crippen LogP contribution in [0.2, 0.25) is 0 Å². The first-order valence-electron chi connectivity index (χ1n) is 6.64. The highest BCUT2D eigenvalue weighted by Crippen LogP contribution is 2.29. The standard InChI is InChI=1S/C13H17N3O5/c1-5-6(2)14-11-7(5)3-16(13(20)15-11)12-10(19)9(18)8(4-17)21-12/h3,8-10,12,17-19H,4H2,1-2H3,(H,14,15,20)/t8-,9?,10?,12-/m1/s1. The summed E-state index contributed by atoms with van der Waals surface area (Å²) < 4.78 is 6.51. The van der Waals surface area contributed by atoms with Gasteiger partial charge < -0.3 is 25.0 Å². The number of aliphatic hydroxyl groups excluding tert-OH is 3. The highest BCUT2D eigenvalue weighted by Gasteiger charge is 2.43. The molecule has 0 saturated carbocycles. The molecule has 8 heteroatoms. The van der Waals surface area contributed by atoms with Crippen LogP contribution in [0.1, 0.15) is 17.5 Å². The van der Waals surface area contributed by atoms with Crippen molar-refractivity contribution in [1.29, 1.82) is 0 Å². The van der Waals surface area contributed by atoms with Crippen LogP contribution >= 0.6 is 0 Å². The van der Waals surface area contributed by atoms with E-state index in [2.05, 4.69) is 9.97 Å². The van der Waals surface area contributed by atoms with Gasteiger partial charge in [-0.25, -0.2) is 4.79 Å². The molecule has 1 aliphatic heterocycles. The van der Waals surface area contributed by atoms with E-state index in [0.717, 1.165) is 21.2 Å². The Hall–Kier alpha value is -1.74. The Balaban J connectivity index is 2.10. The minimum atomic E-state index is -1.31. The first-order chi connectivity index (χ1) is 9.93. The lowest BCUT2D eigenvalue weighted by molar-refractivity contribution is -0.0547. The molecule has 0 aliphatic carbocycles. The Bertz CT molecular complexity index is 737. The smallest absolute Gasteiger partial charge is 0.351 e. The van der Waals surface area contributed by atoms with Gasteiger partial charge in [0, 0.05) is 17.3 Å². The number of hydrogen-bond acceptors (Lipinski definition) is 6. The zero-order valence-electron chi connectivity index (χ0n) is 11.6. The molecular weight excluding hydrogens is 278 g/mol. The van der Waals surface area contributed by atoms with Crippen molar-refractivity contribution in [3.8, 4) is 0 Å². The van der Waals surface area contributed by atoms with E-state index in [0.29, 0.717) is 5.65 Å². The first-order valence-corrected chi connectivity index (χ1v) is 6.64. The van der Waals surface area contributed by atoms with Crippen LogP contribution in [0.25, 0.3) is 11.0 Å². The molecule has 4 N–H and O–H groups in total. The summed E-state index contributed by atoms with van der Waals surface area (Å²) in [4.78, 5) is 19.0. The SMILES string of the molecule is Cc1[nH]c2nc(=O)n([C@@H]3O[C@H](CO)C(O)C3O)cc2c1C. The molecule has 21 heavy (non-hydrogen) atoms. The summed E-state index contributed by atoms with van der Waals surface area (Å²) in [7, 11) is 0. The predicted molar refractivity (Wildman–Crippen MR) is 72.8 cm³/mol. The van der Waals surface area contributed by atoms with E-state index >= 15 is 0 Å². The average Bonchev–Trinajstić information content (AvgIpc) is 2.88. The molecule has 3 heterocycles. The van der Waals surface area contributed by atoms with Gasteiger partial charge in [0.15, 0.2) is 6.23 Å². The van der Waals surface area contributed by atoms with E-state index in [1.54, 1.807) is 6.20 Å². The molecule has 2 aromatic heterocycles. The lowest BCUT2D eigenvalue weighted by Crippen LogP contribution is -2.35. The van der Waals surface area contributed by atoms with Gasteiger partial charge in [0.25, 0.3) is 0 Å². The second-order valence-electron chi connectivity index (χ2n) is 5.30. The van der Waals surface area contributed by atoms with Gasteiger partial charge in [-0.1, -0.05) is 0 Å². The molecule has 2 unspecified atom stereocenters. The van der Waals surface area contributed by atoms with E-state index in [1.165, 1.54) is 0 Å². The quantitative estimate of drug-likeness (QED) is 0.561. The molecule has 0 amide bonds. The minimum absolute atomic E-state index is 0.443. The summed E-state index contributed by atoms with van der Waals surface area (Å²) in [6.07, 6.45) is -3.02. The highest BCUT2D eigenvalue weighted by atomic mass is 16.6. The molecule has 1 aliphatic rings. The van der Waals surface area contributed by atoms with E-state index < -0.39 is 36.8 Å². The van der Waals surface area contributed by atoms with Crippen molar-refractivity contribution in [2.75, 3.05) is 6.61 Å². The maximum absolute atomic E-state index is 12.1. The van der Waals surface area contributed by atoms with Gasteiger partial charge in [-0.3, -0.25) is 4.57 Å². The second kappa shape index (κ2) is 4.92. The molecule has 2 aromatic rings. The Morgan fingerprint density at radius 2 is 2.10 bits per heavy atom. The number of aryl methyl sites for hydroxylation is 2. The average molecular weight is 295 g/mol. The molecule has 0 spiro atoms. The van der Waals surface area contributed by atoms with Gasteiger partial charge in [-0.2, -0.15) is 4.98 Å². The topological polar surface area (TPSA) is 121 Å². The number of nitrogens with one attached hydrogen (secondary N) is 1. The van der Waals surface area contributed by atoms with Gasteiger partial charge in [-0.05, 0) is 19.4 Å². The molecule has 1 fully saturated rings. The van der Waals surface area contributed by atoms with E-state index in [9.17, 15) is 15.0 Å². The largest absolute Gasteiger partial charge is 0.394 e. The molecule has 0 radical (unpaired) electrons. The fourth-order valence-electron chi connectivity index (χ4n) is 2.60. The number of aromatic amines is 1. The van der Waals surface area contributed by atoms with Crippen LogP contribution in [0.5, 0.6) is 0 Å². The number of aromatic nitrogens is 3. The van der Waals surface area contributed by atoms with Crippen LogP contribution in [-0.4, -0.2) is 54.8 Å². The Kier molecular flexibility index (Phi) is 3.33. The summed E-state index contributed by atoms with van der Waals surface area (Å²) in [6.45, 7) is 3.32. The van der Waals surface area contributed by atoms with Crippen molar-refractivity contribution in [2.45, 2.75) is 38.4 Å². The van der Waals surface area contributed by atoms with Crippen LogP contribution in [-0.2, 0) is 4.74 Å². The van der Waals surface area contributed by atoms with Gasteiger partial charge in [0.1, 0.15) is 24.0 Å². The van der Waals surface area contributed by atoms with Gasteiger partial charge in [0.05, 0.1) is 6.61 Å². The first kappa shape index (κ1) is 14.2. The Labute approximate surface area is 119 Å². The van der Waals surface area contributed by atoms with Crippen LogP contribution in [0, 0.1) is 13.8 Å². The van der Waals surface area contributed by atoms with Crippen molar-refractivity contribution >= 4 is 11.0 Å². The lowest BCUT2D eigenvalue weighted by Gasteiger charge is -2.17. The molecule has 114 valence electrons. The summed E-state index contributed by atoms with van der Waals surface area (Å²) in [5, 5.41) is 29.6. The molecular formula is C13H17N3O5. The van der Waals surface area contributed by atoms with Crippen LogP contribution in [0.3, 0.4) is 0 Å². The van der Waals surface area contributed by atoms with E-state index in [-0.39, 0.29) is 0 Å². The molecule has 0 aromatic carbocycles. The fourth-order valence-corrected chi connectivity index (χ4v) is 2.60. The molecule has 3 rings (SSSR count). The maximum atomic E-state index is 12.1. The summed E-state index contributed by atoms with van der Waals surface area (Å²) in [5.74, 6) is 0. The number of nitrogens with zero attached hydrogens (tertiary/aromatic N) is 2. The zero-order valence-corrected chi connectivity index (χ0v) is 11.6. The number of rotatable bonds is 2. The van der Waals surface area contributed by atoms with Crippen LogP contribution in [0.4, 0.5) is 0 Å². The number of hydrogen-bond donors (Lipinski definition) is 4. The van der Waals surface area contributed by atoms with Gasteiger partial charge in [-0.15, -0.1) is 0 Å². The van der Waals surface area contributed by atoms with Crippen molar-refractivity contribution in [3.05, 3.63) is 27.9 Å². The number of H-pyrrole nitrogens is 1. The van der Waals surface area contributed by atoms with Crippen molar-refractivity contribution < 1.29 is 20.1 Å². The van der Waals surface area contributed by atoms with Crippen LogP contribution in [0.15, 0.2) is 11.0 Å². The van der Waals surface area contributed by atoms with Crippen molar-refractivity contribution in [2.24, 2.45) is 0 Å². The molecule has 4 atom stereocenters. The summed E-state index contributed by atoms with van der Waals surface area (Å²) in [5.41, 5.74) is 1.71. The molecule has 8 nitrogen and oxygen atoms in total.